The standard InChI is InChI=1S/C18H16F3NO2/c1-18(2)8-10-7-9(3-4-12(10)16(18)22-17(23)24)11-5-6-13(19)15(21)14(11)20/h3-7,16,22H,8H2,1-2H3,(H,23,24). The van der Waals surface area contributed by atoms with Crippen molar-refractivity contribution in [3.05, 3.63) is 58.9 Å². The summed E-state index contributed by atoms with van der Waals surface area (Å²) in [6.07, 6.45) is -0.525. The molecule has 0 radical (unpaired) electrons. The zero-order valence-electron chi connectivity index (χ0n) is 13.2. The van der Waals surface area contributed by atoms with Crippen LogP contribution in [0.1, 0.15) is 31.0 Å². The van der Waals surface area contributed by atoms with Gasteiger partial charge in [0.2, 0.25) is 0 Å². The minimum atomic E-state index is -1.50. The van der Waals surface area contributed by atoms with Gasteiger partial charge in [0, 0.05) is 5.56 Å². The van der Waals surface area contributed by atoms with Crippen molar-refractivity contribution < 1.29 is 23.1 Å². The molecule has 2 aromatic carbocycles. The average molecular weight is 335 g/mol. The summed E-state index contributed by atoms with van der Waals surface area (Å²) in [7, 11) is 0. The van der Waals surface area contributed by atoms with Crippen molar-refractivity contribution in [3.8, 4) is 11.1 Å². The number of nitrogens with one attached hydrogen (secondary N) is 1. The van der Waals surface area contributed by atoms with Gasteiger partial charge in [0.1, 0.15) is 0 Å². The minimum Gasteiger partial charge on any atom is -0.465 e. The summed E-state index contributed by atoms with van der Waals surface area (Å²) in [4.78, 5) is 11.0. The topological polar surface area (TPSA) is 49.3 Å². The van der Waals surface area contributed by atoms with E-state index < -0.39 is 23.5 Å². The smallest absolute Gasteiger partial charge is 0.405 e. The summed E-state index contributed by atoms with van der Waals surface area (Å²) >= 11 is 0. The molecule has 2 N–H and O–H groups in total. The van der Waals surface area contributed by atoms with Gasteiger partial charge in [-0.05, 0) is 40.7 Å². The van der Waals surface area contributed by atoms with E-state index in [-0.39, 0.29) is 17.0 Å². The zero-order valence-corrected chi connectivity index (χ0v) is 13.2. The zero-order chi connectivity index (χ0) is 17.6. The first-order valence-corrected chi connectivity index (χ1v) is 7.47. The van der Waals surface area contributed by atoms with Crippen molar-refractivity contribution in [2.75, 3.05) is 0 Å². The van der Waals surface area contributed by atoms with Crippen molar-refractivity contribution in [1.29, 1.82) is 0 Å². The van der Waals surface area contributed by atoms with E-state index in [2.05, 4.69) is 5.32 Å². The van der Waals surface area contributed by atoms with E-state index in [1.54, 1.807) is 18.2 Å². The number of amides is 1. The Morgan fingerprint density at radius 2 is 1.88 bits per heavy atom. The first-order chi connectivity index (χ1) is 11.2. The first kappa shape index (κ1) is 16.4. The number of carbonyl (C=O) groups is 1. The highest BCUT2D eigenvalue weighted by molar-refractivity contribution is 5.69. The van der Waals surface area contributed by atoms with E-state index in [1.807, 2.05) is 13.8 Å². The van der Waals surface area contributed by atoms with E-state index in [0.29, 0.717) is 12.0 Å². The van der Waals surface area contributed by atoms with Crippen LogP contribution in [-0.2, 0) is 6.42 Å². The van der Waals surface area contributed by atoms with Gasteiger partial charge in [0.05, 0.1) is 6.04 Å². The maximum atomic E-state index is 14.0. The molecule has 1 atom stereocenters. The summed E-state index contributed by atoms with van der Waals surface area (Å²) < 4.78 is 40.5. The number of benzene rings is 2. The van der Waals surface area contributed by atoms with Gasteiger partial charge in [0.15, 0.2) is 17.5 Å². The third kappa shape index (κ3) is 2.62. The van der Waals surface area contributed by atoms with Gasteiger partial charge in [-0.25, -0.2) is 18.0 Å². The first-order valence-electron chi connectivity index (χ1n) is 7.47. The summed E-state index contributed by atoms with van der Waals surface area (Å²) in [6.45, 7) is 3.87. The third-order valence-corrected chi connectivity index (χ3v) is 4.50. The fourth-order valence-electron chi connectivity index (χ4n) is 3.37. The van der Waals surface area contributed by atoms with Gasteiger partial charge in [-0.3, -0.25) is 0 Å². The molecule has 1 amide bonds. The van der Waals surface area contributed by atoms with E-state index in [9.17, 15) is 18.0 Å². The molecule has 126 valence electrons. The van der Waals surface area contributed by atoms with E-state index >= 15 is 0 Å². The largest absolute Gasteiger partial charge is 0.465 e. The Morgan fingerprint density at radius 1 is 1.17 bits per heavy atom. The number of rotatable bonds is 2. The van der Waals surface area contributed by atoms with Crippen molar-refractivity contribution in [1.82, 2.24) is 5.32 Å². The minimum absolute atomic E-state index is 0.0239. The Hall–Kier alpha value is -2.50. The third-order valence-electron chi connectivity index (χ3n) is 4.50. The van der Waals surface area contributed by atoms with Crippen LogP contribution in [0.25, 0.3) is 11.1 Å². The molecule has 0 aliphatic heterocycles. The number of carboxylic acid groups (broad SMARTS) is 1. The molecule has 0 heterocycles. The number of halogens is 3. The molecule has 0 spiro atoms. The maximum Gasteiger partial charge on any atom is 0.405 e. The summed E-state index contributed by atoms with van der Waals surface area (Å²) in [5.74, 6) is -3.96. The van der Waals surface area contributed by atoms with Crippen LogP contribution in [0.5, 0.6) is 0 Å². The predicted molar refractivity (Wildman–Crippen MR) is 83.1 cm³/mol. The number of hydrogen-bond donors (Lipinski definition) is 2. The van der Waals surface area contributed by atoms with Gasteiger partial charge >= 0.3 is 6.09 Å². The van der Waals surface area contributed by atoms with Crippen LogP contribution in [0.15, 0.2) is 30.3 Å². The molecule has 0 fully saturated rings. The van der Waals surface area contributed by atoms with Crippen LogP contribution < -0.4 is 5.32 Å². The fourth-order valence-corrected chi connectivity index (χ4v) is 3.37. The predicted octanol–water partition coefficient (Wildman–Crippen LogP) is 4.66. The lowest BCUT2D eigenvalue weighted by atomic mass is 9.85. The Morgan fingerprint density at radius 3 is 2.54 bits per heavy atom. The Bertz CT molecular complexity index is 833. The second-order valence-electron chi connectivity index (χ2n) is 6.68. The Labute approximate surface area is 137 Å². The molecule has 1 unspecified atom stereocenters. The molecule has 3 rings (SSSR count). The quantitative estimate of drug-likeness (QED) is 0.784. The van der Waals surface area contributed by atoms with Crippen LogP contribution in [0.4, 0.5) is 18.0 Å². The molecule has 1 aliphatic rings. The average Bonchev–Trinajstić information content (AvgIpc) is 2.74. The van der Waals surface area contributed by atoms with Crippen LogP contribution in [0.3, 0.4) is 0 Å². The summed E-state index contributed by atoms with van der Waals surface area (Å²) in [5, 5.41) is 11.5. The summed E-state index contributed by atoms with van der Waals surface area (Å²) in [5.41, 5.74) is 1.74. The molecule has 0 saturated carbocycles. The van der Waals surface area contributed by atoms with Gasteiger partial charge in [-0.15, -0.1) is 0 Å². The van der Waals surface area contributed by atoms with Crippen LogP contribution in [0, 0.1) is 22.9 Å². The molecule has 0 aromatic heterocycles. The molecule has 1 aliphatic carbocycles. The van der Waals surface area contributed by atoms with Crippen molar-refractivity contribution in [2.24, 2.45) is 5.41 Å². The molecule has 2 aromatic rings. The highest BCUT2D eigenvalue weighted by Crippen LogP contribution is 2.46. The van der Waals surface area contributed by atoms with E-state index in [0.717, 1.165) is 17.2 Å². The van der Waals surface area contributed by atoms with Gasteiger partial charge in [-0.2, -0.15) is 0 Å². The Balaban J connectivity index is 2.06. The van der Waals surface area contributed by atoms with E-state index in [1.165, 1.54) is 6.07 Å². The monoisotopic (exact) mass is 335 g/mol. The second-order valence-corrected chi connectivity index (χ2v) is 6.68. The molecular formula is C18H16F3NO2. The molecule has 0 bridgehead atoms. The maximum absolute atomic E-state index is 14.0. The van der Waals surface area contributed by atoms with Gasteiger partial charge < -0.3 is 10.4 Å². The molecular weight excluding hydrogens is 319 g/mol. The lowest BCUT2D eigenvalue weighted by molar-refractivity contribution is 0.175. The van der Waals surface area contributed by atoms with E-state index in [4.69, 9.17) is 5.11 Å². The fraction of sp³-hybridized carbons (Fsp3) is 0.278. The lowest BCUT2D eigenvalue weighted by Crippen LogP contribution is -2.34. The van der Waals surface area contributed by atoms with Crippen molar-refractivity contribution >= 4 is 6.09 Å². The Kier molecular flexibility index (Phi) is 3.78. The molecule has 6 heteroatoms. The highest BCUT2D eigenvalue weighted by atomic mass is 19.2. The van der Waals surface area contributed by atoms with Crippen molar-refractivity contribution in [2.45, 2.75) is 26.3 Å². The number of fused-ring (bicyclic) bond motifs is 1. The molecule has 3 nitrogen and oxygen atoms in total. The SMILES string of the molecule is CC1(C)Cc2cc(-c3ccc(F)c(F)c3F)ccc2C1NC(=O)O. The van der Waals surface area contributed by atoms with Gasteiger partial charge in [-0.1, -0.05) is 32.0 Å². The number of hydrogen-bond acceptors (Lipinski definition) is 1. The van der Waals surface area contributed by atoms with Gasteiger partial charge in [0.25, 0.3) is 0 Å². The van der Waals surface area contributed by atoms with Crippen LogP contribution in [-0.4, -0.2) is 11.2 Å². The van der Waals surface area contributed by atoms with Crippen molar-refractivity contribution in [3.63, 3.8) is 0 Å². The normalized spacial score (nSPS) is 18.3. The molecule has 24 heavy (non-hydrogen) atoms. The lowest BCUT2D eigenvalue weighted by Gasteiger charge is -2.27. The second kappa shape index (κ2) is 5.54. The highest BCUT2D eigenvalue weighted by Gasteiger charge is 2.40. The molecule has 0 saturated heterocycles. The van der Waals surface area contributed by atoms with Crippen LogP contribution >= 0.6 is 0 Å². The summed E-state index contributed by atoms with van der Waals surface area (Å²) in [6, 6.07) is 6.71. The van der Waals surface area contributed by atoms with Crippen LogP contribution in [0.2, 0.25) is 0 Å².